The summed E-state index contributed by atoms with van der Waals surface area (Å²) >= 11 is 1.23. The first-order valence-electron chi connectivity index (χ1n) is 6.45. The Bertz CT molecular complexity index is 593. The Labute approximate surface area is 121 Å². The topological polar surface area (TPSA) is 59.1 Å². The molecule has 104 valence electrons. The van der Waals surface area contributed by atoms with E-state index in [1.165, 1.54) is 18.3 Å². The van der Waals surface area contributed by atoms with Crippen molar-refractivity contribution in [3.05, 3.63) is 52.0 Å². The van der Waals surface area contributed by atoms with Crippen LogP contribution in [-0.4, -0.2) is 23.2 Å². The average molecular weight is 288 g/mol. The van der Waals surface area contributed by atoms with Gasteiger partial charge in [0.1, 0.15) is 0 Å². The van der Waals surface area contributed by atoms with Crippen LogP contribution >= 0.6 is 11.3 Å². The van der Waals surface area contributed by atoms with Crippen molar-refractivity contribution in [1.82, 2.24) is 10.3 Å². The maximum atomic E-state index is 11.9. The zero-order chi connectivity index (χ0) is 14.4. The van der Waals surface area contributed by atoms with Crippen LogP contribution in [0.15, 0.2) is 36.5 Å². The second kappa shape index (κ2) is 6.96. The van der Waals surface area contributed by atoms with Crippen LogP contribution in [0.5, 0.6) is 0 Å². The normalized spacial score (nSPS) is 10.2. The van der Waals surface area contributed by atoms with Gasteiger partial charge in [0.15, 0.2) is 5.78 Å². The lowest BCUT2D eigenvalue weighted by Crippen LogP contribution is -2.23. The molecular formula is C15H16N2O2S. The number of aryl methyl sites for hydroxylation is 1. The summed E-state index contributed by atoms with van der Waals surface area (Å²) in [5, 5.41) is 2.85. The van der Waals surface area contributed by atoms with Gasteiger partial charge in [-0.2, -0.15) is 0 Å². The molecule has 0 aliphatic carbocycles. The number of carbonyl (C=O) groups is 2. The molecule has 0 aromatic carbocycles. The smallest absolute Gasteiger partial charge is 0.261 e. The molecule has 0 unspecified atom stereocenters. The molecule has 0 bridgehead atoms. The predicted octanol–water partition coefficient (Wildman–Crippen LogP) is 2.71. The van der Waals surface area contributed by atoms with E-state index < -0.39 is 0 Å². The van der Waals surface area contributed by atoms with Gasteiger partial charge in [-0.05, 0) is 44.0 Å². The zero-order valence-electron chi connectivity index (χ0n) is 11.3. The van der Waals surface area contributed by atoms with Crippen LogP contribution < -0.4 is 5.32 Å². The molecule has 5 heteroatoms. The molecule has 0 aliphatic rings. The maximum absolute atomic E-state index is 11.9. The third-order valence-electron chi connectivity index (χ3n) is 2.80. The van der Waals surface area contributed by atoms with Crippen molar-refractivity contribution in [3.8, 4) is 0 Å². The molecule has 1 N–H and O–H groups in total. The number of amides is 1. The highest BCUT2D eigenvalue weighted by Gasteiger charge is 2.10. The first-order chi connectivity index (χ1) is 9.66. The summed E-state index contributed by atoms with van der Waals surface area (Å²) in [6, 6.07) is 9.19. The van der Waals surface area contributed by atoms with Crippen molar-refractivity contribution in [2.45, 2.75) is 19.8 Å². The van der Waals surface area contributed by atoms with E-state index in [9.17, 15) is 9.59 Å². The summed E-state index contributed by atoms with van der Waals surface area (Å²) in [5.74, 6) is -0.132. The highest BCUT2D eigenvalue weighted by Crippen LogP contribution is 2.16. The second-order valence-corrected chi connectivity index (χ2v) is 5.48. The minimum absolute atomic E-state index is 0.01000. The van der Waals surface area contributed by atoms with Crippen LogP contribution in [0.1, 0.15) is 38.4 Å². The van der Waals surface area contributed by atoms with Gasteiger partial charge >= 0.3 is 0 Å². The van der Waals surface area contributed by atoms with Crippen molar-refractivity contribution < 1.29 is 9.59 Å². The zero-order valence-corrected chi connectivity index (χ0v) is 12.1. The molecule has 20 heavy (non-hydrogen) atoms. The van der Waals surface area contributed by atoms with Crippen molar-refractivity contribution in [1.29, 1.82) is 0 Å². The molecule has 0 fully saturated rings. The van der Waals surface area contributed by atoms with Crippen molar-refractivity contribution in [2.24, 2.45) is 0 Å². The van der Waals surface area contributed by atoms with Gasteiger partial charge in [-0.1, -0.05) is 6.07 Å². The fourth-order valence-corrected chi connectivity index (χ4v) is 2.57. The maximum Gasteiger partial charge on any atom is 0.261 e. The number of aromatic nitrogens is 1. The predicted molar refractivity (Wildman–Crippen MR) is 79.2 cm³/mol. The molecule has 0 saturated heterocycles. The van der Waals surface area contributed by atoms with Crippen LogP contribution in [0, 0.1) is 0 Å². The quantitative estimate of drug-likeness (QED) is 0.657. The molecule has 2 aromatic rings. The Morgan fingerprint density at radius 3 is 2.65 bits per heavy atom. The molecule has 0 saturated carbocycles. The molecule has 2 aromatic heterocycles. The van der Waals surface area contributed by atoms with Gasteiger partial charge in [-0.15, -0.1) is 11.3 Å². The number of ketones is 1. The Morgan fingerprint density at radius 1 is 1.20 bits per heavy atom. The highest BCUT2D eigenvalue weighted by molar-refractivity contribution is 7.15. The molecular weight excluding hydrogens is 272 g/mol. The van der Waals surface area contributed by atoms with Gasteiger partial charge in [0, 0.05) is 18.4 Å². The average Bonchev–Trinajstić information content (AvgIpc) is 2.94. The molecule has 2 heterocycles. The first kappa shape index (κ1) is 14.4. The van der Waals surface area contributed by atoms with Crippen LogP contribution in [0.25, 0.3) is 0 Å². The number of thiophene rings is 1. The summed E-state index contributed by atoms with van der Waals surface area (Å²) in [6.45, 7) is 2.10. The third-order valence-corrected chi connectivity index (χ3v) is 3.98. The minimum atomic E-state index is -0.122. The number of hydrogen-bond acceptors (Lipinski definition) is 4. The SMILES string of the molecule is CC(=O)c1ccc(C(=O)NCCCc2ccccn2)s1. The number of nitrogens with zero attached hydrogens (tertiary/aromatic N) is 1. The van der Waals surface area contributed by atoms with Crippen LogP contribution in [0.3, 0.4) is 0 Å². The van der Waals surface area contributed by atoms with Crippen LogP contribution in [0.2, 0.25) is 0 Å². The highest BCUT2D eigenvalue weighted by atomic mass is 32.1. The fourth-order valence-electron chi connectivity index (χ4n) is 1.75. The first-order valence-corrected chi connectivity index (χ1v) is 7.27. The molecule has 0 spiro atoms. The van der Waals surface area contributed by atoms with Gasteiger partial charge in [-0.25, -0.2) is 0 Å². The standard InChI is InChI=1S/C15H16N2O2S/c1-11(18)13-7-8-14(20-13)15(19)17-10-4-6-12-5-2-3-9-16-12/h2-3,5,7-9H,4,6,10H2,1H3,(H,17,19). The lowest BCUT2D eigenvalue weighted by atomic mass is 10.2. The molecule has 4 nitrogen and oxygen atoms in total. The Balaban J connectivity index is 1.76. The van der Waals surface area contributed by atoms with Crippen molar-refractivity contribution in [3.63, 3.8) is 0 Å². The number of rotatable bonds is 6. The van der Waals surface area contributed by atoms with Gasteiger partial charge in [0.25, 0.3) is 5.91 Å². The molecule has 0 atom stereocenters. The third kappa shape index (κ3) is 3.99. The van der Waals surface area contributed by atoms with E-state index in [1.807, 2.05) is 18.2 Å². The largest absolute Gasteiger partial charge is 0.351 e. The number of pyridine rings is 1. The molecule has 2 rings (SSSR count). The van der Waals surface area contributed by atoms with E-state index in [1.54, 1.807) is 18.3 Å². The molecule has 0 radical (unpaired) electrons. The monoisotopic (exact) mass is 288 g/mol. The summed E-state index contributed by atoms with van der Waals surface area (Å²) in [7, 11) is 0. The summed E-state index contributed by atoms with van der Waals surface area (Å²) in [6.07, 6.45) is 3.45. The summed E-state index contributed by atoms with van der Waals surface area (Å²) in [4.78, 5) is 28.5. The number of Topliss-reactive ketones (excluding diaryl/α,β-unsaturated/α-hetero) is 1. The lowest BCUT2D eigenvalue weighted by Gasteiger charge is -2.03. The number of carbonyl (C=O) groups excluding carboxylic acids is 2. The van der Waals surface area contributed by atoms with Crippen LogP contribution in [0.4, 0.5) is 0 Å². The van der Waals surface area contributed by atoms with E-state index in [4.69, 9.17) is 0 Å². The Hall–Kier alpha value is -2.01. The second-order valence-electron chi connectivity index (χ2n) is 4.40. The van der Waals surface area contributed by atoms with E-state index in [2.05, 4.69) is 10.3 Å². The number of hydrogen-bond donors (Lipinski definition) is 1. The summed E-state index contributed by atoms with van der Waals surface area (Å²) in [5.41, 5.74) is 1.02. The van der Waals surface area contributed by atoms with Gasteiger partial charge in [-0.3, -0.25) is 14.6 Å². The van der Waals surface area contributed by atoms with Crippen molar-refractivity contribution in [2.75, 3.05) is 6.54 Å². The lowest BCUT2D eigenvalue weighted by molar-refractivity contribution is 0.0956. The van der Waals surface area contributed by atoms with Gasteiger partial charge in [0.05, 0.1) is 9.75 Å². The molecule has 0 aliphatic heterocycles. The van der Waals surface area contributed by atoms with E-state index in [0.29, 0.717) is 16.3 Å². The van der Waals surface area contributed by atoms with Gasteiger partial charge < -0.3 is 5.32 Å². The minimum Gasteiger partial charge on any atom is -0.351 e. The van der Waals surface area contributed by atoms with Gasteiger partial charge in [0.2, 0.25) is 0 Å². The fraction of sp³-hybridized carbons (Fsp3) is 0.267. The van der Waals surface area contributed by atoms with Crippen molar-refractivity contribution >= 4 is 23.0 Å². The Morgan fingerprint density at radius 2 is 2.00 bits per heavy atom. The van der Waals surface area contributed by atoms with E-state index in [-0.39, 0.29) is 11.7 Å². The summed E-state index contributed by atoms with van der Waals surface area (Å²) < 4.78 is 0. The van der Waals surface area contributed by atoms with Crippen LogP contribution in [-0.2, 0) is 6.42 Å². The van der Waals surface area contributed by atoms with E-state index in [0.717, 1.165) is 18.5 Å². The molecule has 1 amide bonds. The Kier molecular flexibility index (Phi) is 5.01. The van der Waals surface area contributed by atoms with E-state index >= 15 is 0 Å². The number of nitrogens with one attached hydrogen (secondary N) is 1.